The van der Waals surface area contributed by atoms with Crippen LogP contribution in [-0.4, -0.2) is 17.0 Å². The third-order valence-electron chi connectivity index (χ3n) is 5.45. The third kappa shape index (κ3) is 2.48. The van der Waals surface area contributed by atoms with Crippen molar-refractivity contribution in [3.05, 3.63) is 23.2 Å². The van der Waals surface area contributed by atoms with E-state index in [0.29, 0.717) is 6.26 Å². The number of nitrogens with one attached hydrogen (secondary N) is 1. The van der Waals surface area contributed by atoms with Gasteiger partial charge in [0.1, 0.15) is 17.4 Å². The Balaban J connectivity index is 1.72. The number of carbonyl (C=O) groups is 2. The molecule has 0 aliphatic heterocycles. The number of carboxylic acids is 1. The number of amides is 1. The standard InChI is InChI=1S/C16H18F3NO4/c1-9-10(11(6-24-9)16(17,18)19)5-20-12(21)15(13(22)23)7-14(8-15)3-2-4-14/h6H,2-5,7-8H2,1H3,(H,20,21)(H,22,23). The van der Waals surface area contributed by atoms with Gasteiger partial charge >= 0.3 is 12.1 Å². The Bertz CT molecular complexity index is 680. The lowest BCUT2D eigenvalue weighted by Gasteiger charge is -2.58. The molecule has 2 fully saturated rings. The first-order chi connectivity index (χ1) is 11.1. The number of aryl methyl sites for hydroxylation is 1. The van der Waals surface area contributed by atoms with Gasteiger partial charge in [-0.25, -0.2) is 0 Å². The van der Waals surface area contributed by atoms with E-state index < -0.39 is 35.6 Å². The zero-order valence-corrected chi connectivity index (χ0v) is 13.1. The van der Waals surface area contributed by atoms with Crippen LogP contribution in [0.15, 0.2) is 10.7 Å². The van der Waals surface area contributed by atoms with Gasteiger partial charge in [0.25, 0.3) is 0 Å². The Kier molecular flexibility index (Phi) is 3.69. The molecule has 0 bridgehead atoms. The fourth-order valence-corrected chi connectivity index (χ4v) is 3.94. The van der Waals surface area contributed by atoms with Gasteiger partial charge in [0.15, 0.2) is 0 Å². The molecule has 3 rings (SSSR count). The highest BCUT2D eigenvalue weighted by atomic mass is 19.4. The minimum Gasteiger partial charge on any atom is -0.480 e. The van der Waals surface area contributed by atoms with Crippen LogP contribution in [0, 0.1) is 17.8 Å². The fourth-order valence-electron chi connectivity index (χ4n) is 3.94. The molecule has 1 aromatic rings. The molecular weight excluding hydrogens is 327 g/mol. The van der Waals surface area contributed by atoms with Crippen LogP contribution in [0.25, 0.3) is 0 Å². The number of alkyl halides is 3. The lowest BCUT2D eigenvalue weighted by atomic mass is 9.45. The van der Waals surface area contributed by atoms with E-state index in [1.807, 2.05) is 0 Å². The molecule has 0 saturated heterocycles. The molecule has 1 heterocycles. The highest BCUT2D eigenvalue weighted by Gasteiger charge is 2.64. The molecule has 0 aromatic carbocycles. The average molecular weight is 345 g/mol. The van der Waals surface area contributed by atoms with Crippen LogP contribution in [-0.2, 0) is 22.3 Å². The summed E-state index contributed by atoms with van der Waals surface area (Å²) in [5.41, 5.74) is -2.70. The smallest absolute Gasteiger partial charge is 0.419 e. The Morgan fingerprint density at radius 1 is 1.33 bits per heavy atom. The Hall–Kier alpha value is -1.99. The molecule has 8 heteroatoms. The maximum atomic E-state index is 12.9. The average Bonchev–Trinajstić information content (AvgIpc) is 2.74. The Morgan fingerprint density at radius 3 is 2.42 bits per heavy atom. The molecule has 2 aliphatic rings. The van der Waals surface area contributed by atoms with Gasteiger partial charge in [-0.15, -0.1) is 0 Å². The number of rotatable bonds is 4. The highest BCUT2D eigenvalue weighted by molar-refractivity contribution is 6.03. The number of carbonyl (C=O) groups excluding carboxylic acids is 1. The monoisotopic (exact) mass is 345 g/mol. The highest BCUT2D eigenvalue weighted by Crippen LogP contribution is 2.64. The first kappa shape index (κ1) is 16.9. The number of hydrogen-bond acceptors (Lipinski definition) is 3. The number of carboxylic acid groups (broad SMARTS) is 1. The SMILES string of the molecule is Cc1occ(C(F)(F)F)c1CNC(=O)C1(C(=O)O)CC2(CCC2)C1. The summed E-state index contributed by atoms with van der Waals surface area (Å²) in [6.45, 7) is 0.967. The van der Waals surface area contributed by atoms with Crippen LogP contribution in [0.5, 0.6) is 0 Å². The van der Waals surface area contributed by atoms with Gasteiger partial charge in [0, 0.05) is 12.1 Å². The fraction of sp³-hybridized carbons (Fsp3) is 0.625. The van der Waals surface area contributed by atoms with Crippen molar-refractivity contribution >= 4 is 11.9 Å². The molecule has 2 N–H and O–H groups in total. The predicted molar refractivity (Wildman–Crippen MR) is 75.9 cm³/mol. The third-order valence-corrected chi connectivity index (χ3v) is 5.45. The summed E-state index contributed by atoms with van der Waals surface area (Å²) in [6, 6.07) is 0. The molecule has 2 saturated carbocycles. The molecule has 0 radical (unpaired) electrons. The Labute approximate surface area is 136 Å². The van der Waals surface area contributed by atoms with Crippen molar-refractivity contribution in [1.29, 1.82) is 0 Å². The van der Waals surface area contributed by atoms with Crippen LogP contribution in [0.4, 0.5) is 13.2 Å². The van der Waals surface area contributed by atoms with Crippen molar-refractivity contribution in [2.45, 2.75) is 51.7 Å². The maximum Gasteiger partial charge on any atom is 0.419 e. The molecule has 5 nitrogen and oxygen atoms in total. The summed E-state index contributed by atoms with van der Waals surface area (Å²) in [6.07, 6.45) is -0.607. The molecule has 24 heavy (non-hydrogen) atoms. The van der Waals surface area contributed by atoms with Crippen molar-refractivity contribution in [3.63, 3.8) is 0 Å². The van der Waals surface area contributed by atoms with Crippen LogP contribution in [0.3, 0.4) is 0 Å². The first-order valence-electron chi connectivity index (χ1n) is 7.76. The maximum absolute atomic E-state index is 12.9. The number of aliphatic carboxylic acids is 1. The predicted octanol–water partition coefficient (Wildman–Crippen LogP) is 3.26. The number of halogens is 3. The molecule has 0 unspecified atom stereocenters. The van der Waals surface area contributed by atoms with E-state index in [-0.39, 0.29) is 29.6 Å². The number of furan rings is 1. The second-order valence-electron chi connectivity index (χ2n) is 6.96. The summed E-state index contributed by atoms with van der Waals surface area (Å²) in [5.74, 6) is -1.88. The van der Waals surface area contributed by atoms with E-state index >= 15 is 0 Å². The van der Waals surface area contributed by atoms with Crippen molar-refractivity contribution in [2.75, 3.05) is 0 Å². The zero-order chi connectivity index (χ0) is 17.8. The second-order valence-corrected chi connectivity index (χ2v) is 6.96. The molecule has 132 valence electrons. The lowest BCUT2D eigenvalue weighted by molar-refractivity contribution is -0.181. The zero-order valence-electron chi connectivity index (χ0n) is 13.1. The van der Waals surface area contributed by atoms with Crippen molar-refractivity contribution in [2.24, 2.45) is 10.8 Å². The van der Waals surface area contributed by atoms with Gasteiger partial charge in [-0.1, -0.05) is 6.42 Å². The van der Waals surface area contributed by atoms with Crippen molar-refractivity contribution < 1.29 is 32.3 Å². The van der Waals surface area contributed by atoms with E-state index in [2.05, 4.69) is 5.32 Å². The van der Waals surface area contributed by atoms with Gasteiger partial charge in [-0.3, -0.25) is 9.59 Å². The summed E-state index contributed by atoms with van der Waals surface area (Å²) < 4.78 is 43.5. The van der Waals surface area contributed by atoms with Gasteiger partial charge in [0.2, 0.25) is 5.91 Å². The van der Waals surface area contributed by atoms with Crippen LogP contribution in [0.2, 0.25) is 0 Å². The van der Waals surface area contributed by atoms with E-state index in [9.17, 15) is 27.9 Å². The van der Waals surface area contributed by atoms with Crippen LogP contribution < -0.4 is 5.32 Å². The van der Waals surface area contributed by atoms with Crippen molar-refractivity contribution in [3.8, 4) is 0 Å². The van der Waals surface area contributed by atoms with E-state index in [1.54, 1.807) is 0 Å². The minimum atomic E-state index is -4.59. The summed E-state index contributed by atoms with van der Waals surface area (Å²) >= 11 is 0. The molecule has 1 spiro atoms. The second kappa shape index (κ2) is 5.26. The summed E-state index contributed by atoms with van der Waals surface area (Å²) in [7, 11) is 0. The molecule has 2 aliphatic carbocycles. The topological polar surface area (TPSA) is 79.5 Å². The summed E-state index contributed by atoms with van der Waals surface area (Å²) in [5, 5.41) is 11.8. The molecule has 1 aromatic heterocycles. The van der Waals surface area contributed by atoms with Crippen LogP contribution in [0.1, 0.15) is 49.0 Å². The van der Waals surface area contributed by atoms with Gasteiger partial charge < -0.3 is 14.8 Å². The van der Waals surface area contributed by atoms with Crippen LogP contribution >= 0.6 is 0 Å². The first-order valence-corrected chi connectivity index (χ1v) is 7.76. The Morgan fingerprint density at radius 2 is 1.96 bits per heavy atom. The van der Waals surface area contributed by atoms with Gasteiger partial charge in [0.05, 0.1) is 5.56 Å². The molecular formula is C16H18F3NO4. The normalized spacial score (nSPS) is 21.0. The largest absolute Gasteiger partial charge is 0.480 e. The summed E-state index contributed by atoms with van der Waals surface area (Å²) in [4.78, 5) is 23.9. The van der Waals surface area contributed by atoms with E-state index in [0.717, 1.165) is 19.3 Å². The van der Waals surface area contributed by atoms with Crippen molar-refractivity contribution in [1.82, 2.24) is 5.32 Å². The number of hydrogen-bond donors (Lipinski definition) is 2. The molecule has 1 amide bonds. The van der Waals surface area contributed by atoms with Gasteiger partial charge in [-0.05, 0) is 38.0 Å². The molecule has 0 atom stereocenters. The minimum absolute atomic E-state index is 0.0519. The van der Waals surface area contributed by atoms with Gasteiger partial charge in [-0.2, -0.15) is 13.2 Å². The van der Waals surface area contributed by atoms with E-state index in [1.165, 1.54) is 6.92 Å². The quantitative estimate of drug-likeness (QED) is 0.821. The lowest BCUT2D eigenvalue weighted by Crippen LogP contribution is -2.61. The van der Waals surface area contributed by atoms with E-state index in [4.69, 9.17) is 4.42 Å².